The Hall–Kier alpha value is -1.42. The number of aryl methyl sites for hydroxylation is 1. The van der Waals surface area contributed by atoms with Gasteiger partial charge in [-0.2, -0.15) is 0 Å². The van der Waals surface area contributed by atoms with Gasteiger partial charge >= 0.3 is 0 Å². The predicted molar refractivity (Wildman–Crippen MR) is 71.0 cm³/mol. The summed E-state index contributed by atoms with van der Waals surface area (Å²) in [5, 5.41) is 3.29. The van der Waals surface area contributed by atoms with Gasteiger partial charge in [0.1, 0.15) is 0 Å². The van der Waals surface area contributed by atoms with Gasteiger partial charge in [-0.05, 0) is 44.5 Å². The third-order valence-electron chi connectivity index (χ3n) is 3.40. The van der Waals surface area contributed by atoms with Gasteiger partial charge < -0.3 is 10.2 Å². The smallest absolute Gasteiger partial charge is 0.222 e. The van der Waals surface area contributed by atoms with E-state index < -0.39 is 0 Å². The molecule has 1 fully saturated rings. The van der Waals surface area contributed by atoms with Crippen LogP contribution in [0.2, 0.25) is 0 Å². The van der Waals surface area contributed by atoms with Gasteiger partial charge in [0, 0.05) is 19.2 Å². The SMILES string of the molecule is Cc1cccc(CN(C)C(=O)CC2CCNC2)n1. The van der Waals surface area contributed by atoms with Crippen molar-refractivity contribution in [2.45, 2.75) is 26.3 Å². The average Bonchev–Trinajstić information content (AvgIpc) is 2.81. The van der Waals surface area contributed by atoms with Crippen molar-refractivity contribution in [3.8, 4) is 0 Å². The van der Waals surface area contributed by atoms with Gasteiger partial charge in [-0.15, -0.1) is 0 Å². The van der Waals surface area contributed by atoms with Gasteiger partial charge in [0.2, 0.25) is 5.91 Å². The molecule has 98 valence electrons. The van der Waals surface area contributed by atoms with Crippen molar-refractivity contribution in [3.05, 3.63) is 29.6 Å². The van der Waals surface area contributed by atoms with Crippen molar-refractivity contribution >= 4 is 5.91 Å². The van der Waals surface area contributed by atoms with E-state index in [-0.39, 0.29) is 5.91 Å². The van der Waals surface area contributed by atoms with Crippen molar-refractivity contribution in [2.24, 2.45) is 5.92 Å². The fourth-order valence-corrected chi connectivity index (χ4v) is 2.31. The molecule has 0 saturated carbocycles. The molecule has 0 radical (unpaired) electrons. The highest BCUT2D eigenvalue weighted by molar-refractivity contribution is 5.76. The van der Waals surface area contributed by atoms with Gasteiger partial charge in [-0.1, -0.05) is 6.07 Å². The Morgan fingerprint density at radius 3 is 3.06 bits per heavy atom. The molecule has 18 heavy (non-hydrogen) atoms. The van der Waals surface area contributed by atoms with Gasteiger partial charge in [0.15, 0.2) is 0 Å². The van der Waals surface area contributed by atoms with E-state index in [0.29, 0.717) is 18.9 Å². The minimum atomic E-state index is 0.215. The highest BCUT2D eigenvalue weighted by atomic mass is 16.2. The first-order valence-corrected chi connectivity index (χ1v) is 6.52. The van der Waals surface area contributed by atoms with Crippen molar-refractivity contribution in [1.29, 1.82) is 0 Å². The number of hydrogen-bond donors (Lipinski definition) is 1. The fraction of sp³-hybridized carbons (Fsp3) is 0.571. The van der Waals surface area contributed by atoms with Crippen LogP contribution in [-0.2, 0) is 11.3 Å². The summed E-state index contributed by atoms with van der Waals surface area (Å²) in [4.78, 5) is 18.3. The van der Waals surface area contributed by atoms with Gasteiger partial charge in [-0.25, -0.2) is 0 Å². The summed E-state index contributed by atoms with van der Waals surface area (Å²) >= 11 is 0. The molecule has 0 spiro atoms. The lowest BCUT2D eigenvalue weighted by molar-refractivity contribution is -0.131. The molecule has 0 aliphatic carbocycles. The summed E-state index contributed by atoms with van der Waals surface area (Å²) in [6.45, 7) is 4.58. The highest BCUT2D eigenvalue weighted by Gasteiger charge is 2.20. The lowest BCUT2D eigenvalue weighted by Gasteiger charge is -2.18. The van der Waals surface area contributed by atoms with Crippen LogP contribution in [0.5, 0.6) is 0 Å². The zero-order valence-corrected chi connectivity index (χ0v) is 11.1. The monoisotopic (exact) mass is 247 g/mol. The van der Waals surface area contributed by atoms with E-state index in [1.54, 1.807) is 4.90 Å². The Morgan fingerprint density at radius 2 is 2.39 bits per heavy atom. The molecule has 1 aromatic heterocycles. The van der Waals surface area contributed by atoms with E-state index in [4.69, 9.17) is 0 Å². The quantitative estimate of drug-likeness (QED) is 0.873. The van der Waals surface area contributed by atoms with Crippen molar-refractivity contribution < 1.29 is 4.79 Å². The fourth-order valence-electron chi connectivity index (χ4n) is 2.31. The van der Waals surface area contributed by atoms with Crippen LogP contribution < -0.4 is 5.32 Å². The number of aromatic nitrogens is 1. The Labute approximate surface area is 108 Å². The zero-order chi connectivity index (χ0) is 13.0. The third kappa shape index (κ3) is 3.53. The molecular weight excluding hydrogens is 226 g/mol. The van der Waals surface area contributed by atoms with Crippen LogP contribution >= 0.6 is 0 Å². The van der Waals surface area contributed by atoms with E-state index in [1.165, 1.54) is 0 Å². The number of rotatable bonds is 4. The first-order valence-electron chi connectivity index (χ1n) is 6.52. The molecule has 1 aromatic rings. The molecule has 1 saturated heterocycles. The molecule has 0 aromatic carbocycles. The summed E-state index contributed by atoms with van der Waals surface area (Å²) in [5.74, 6) is 0.720. The van der Waals surface area contributed by atoms with Crippen LogP contribution in [0.1, 0.15) is 24.2 Å². The molecule has 1 aliphatic rings. The van der Waals surface area contributed by atoms with Gasteiger partial charge in [0.05, 0.1) is 12.2 Å². The Kier molecular flexibility index (Phi) is 4.31. The third-order valence-corrected chi connectivity index (χ3v) is 3.40. The summed E-state index contributed by atoms with van der Waals surface area (Å²) in [7, 11) is 1.86. The molecule has 1 aliphatic heterocycles. The number of hydrogen-bond acceptors (Lipinski definition) is 3. The summed E-state index contributed by atoms with van der Waals surface area (Å²) in [6, 6.07) is 5.92. The number of amides is 1. The lowest BCUT2D eigenvalue weighted by atomic mass is 10.0. The summed E-state index contributed by atoms with van der Waals surface area (Å²) in [5.41, 5.74) is 1.95. The van der Waals surface area contributed by atoms with Crippen LogP contribution in [-0.4, -0.2) is 35.9 Å². The van der Waals surface area contributed by atoms with E-state index in [2.05, 4.69) is 10.3 Å². The molecule has 2 rings (SSSR count). The van der Waals surface area contributed by atoms with E-state index in [1.807, 2.05) is 32.2 Å². The number of carbonyl (C=O) groups is 1. The minimum absolute atomic E-state index is 0.215. The normalized spacial score (nSPS) is 18.9. The second-order valence-corrected chi connectivity index (χ2v) is 5.08. The van der Waals surface area contributed by atoms with Crippen molar-refractivity contribution in [3.63, 3.8) is 0 Å². The lowest BCUT2D eigenvalue weighted by Crippen LogP contribution is -2.28. The molecule has 2 heterocycles. The number of carbonyl (C=O) groups excluding carboxylic acids is 1. The predicted octanol–water partition coefficient (Wildman–Crippen LogP) is 1.35. The summed E-state index contributed by atoms with van der Waals surface area (Å²) < 4.78 is 0. The van der Waals surface area contributed by atoms with Gasteiger partial charge in [-0.3, -0.25) is 9.78 Å². The minimum Gasteiger partial charge on any atom is -0.340 e. The van der Waals surface area contributed by atoms with E-state index >= 15 is 0 Å². The van der Waals surface area contributed by atoms with E-state index in [0.717, 1.165) is 30.9 Å². The Bertz CT molecular complexity index is 413. The first-order chi connectivity index (χ1) is 8.65. The molecule has 0 bridgehead atoms. The number of nitrogens with one attached hydrogen (secondary N) is 1. The maximum atomic E-state index is 12.1. The van der Waals surface area contributed by atoms with Crippen LogP contribution in [0.15, 0.2) is 18.2 Å². The number of nitrogens with zero attached hydrogens (tertiary/aromatic N) is 2. The molecule has 4 heteroatoms. The van der Waals surface area contributed by atoms with Crippen LogP contribution in [0.3, 0.4) is 0 Å². The average molecular weight is 247 g/mol. The molecule has 1 amide bonds. The van der Waals surface area contributed by atoms with Crippen LogP contribution in [0, 0.1) is 12.8 Å². The number of pyridine rings is 1. The second kappa shape index (κ2) is 5.96. The second-order valence-electron chi connectivity index (χ2n) is 5.08. The van der Waals surface area contributed by atoms with Crippen LogP contribution in [0.4, 0.5) is 0 Å². The summed E-state index contributed by atoms with van der Waals surface area (Å²) in [6.07, 6.45) is 1.76. The van der Waals surface area contributed by atoms with Crippen molar-refractivity contribution in [1.82, 2.24) is 15.2 Å². The van der Waals surface area contributed by atoms with Crippen LogP contribution in [0.25, 0.3) is 0 Å². The first kappa shape index (κ1) is 13.0. The van der Waals surface area contributed by atoms with E-state index in [9.17, 15) is 4.79 Å². The Morgan fingerprint density at radius 1 is 1.56 bits per heavy atom. The molecule has 1 atom stereocenters. The highest BCUT2D eigenvalue weighted by Crippen LogP contribution is 2.14. The van der Waals surface area contributed by atoms with Crippen molar-refractivity contribution in [2.75, 3.05) is 20.1 Å². The maximum Gasteiger partial charge on any atom is 0.222 e. The standard InChI is InChI=1S/C14H21N3O/c1-11-4-3-5-13(16-11)10-17(2)14(18)8-12-6-7-15-9-12/h3-5,12,15H,6-10H2,1-2H3. The Balaban J connectivity index is 1.86. The molecule has 1 unspecified atom stereocenters. The van der Waals surface area contributed by atoms with Gasteiger partial charge in [0.25, 0.3) is 0 Å². The maximum absolute atomic E-state index is 12.1. The zero-order valence-electron chi connectivity index (χ0n) is 11.1. The molecular formula is C14H21N3O. The topological polar surface area (TPSA) is 45.2 Å². The molecule has 4 nitrogen and oxygen atoms in total. The largest absolute Gasteiger partial charge is 0.340 e. The molecule has 1 N–H and O–H groups in total.